The van der Waals surface area contributed by atoms with E-state index in [4.69, 9.17) is 11.6 Å². The summed E-state index contributed by atoms with van der Waals surface area (Å²) in [5.74, 6) is 0.503. The van der Waals surface area contributed by atoms with Crippen molar-refractivity contribution in [1.29, 1.82) is 0 Å². The van der Waals surface area contributed by atoms with Crippen LogP contribution < -0.4 is 10.6 Å². The number of benzene rings is 1. The summed E-state index contributed by atoms with van der Waals surface area (Å²) in [6.45, 7) is 0.399. The van der Waals surface area contributed by atoms with Crippen LogP contribution in [0.3, 0.4) is 0 Å². The van der Waals surface area contributed by atoms with Crippen LogP contribution in [0.2, 0.25) is 5.02 Å². The number of aromatic nitrogens is 1. The van der Waals surface area contributed by atoms with Crippen LogP contribution >= 0.6 is 11.6 Å². The van der Waals surface area contributed by atoms with Crippen LogP contribution in [0, 0.1) is 0 Å². The minimum Gasteiger partial charge on any atom is -0.367 e. The number of nitrogens with one attached hydrogen (secondary N) is 2. The van der Waals surface area contributed by atoms with Crippen LogP contribution in [-0.2, 0) is 6.54 Å². The third-order valence-electron chi connectivity index (χ3n) is 3.37. The lowest BCUT2D eigenvalue weighted by Crippen LogP contribution is -2.24. The molecule has 1 aliphatic carbocycles. The zero-order valence-corrected chi connectivity index (χ0v) is 12.2. The molecular formula is C16H16ClN3O. The second-order valence-electron chi connectivity index (χ2n) is 5.09. The molecule has 1 heterocycles. The van der Waals surface area contributed by atoms with Gasteiger partial charge in [0.1, 0.15) is 5.82 Å². The molecule has 0 atom stereocenters. The summed E-state index contributed by atoms with van der Waals surface area (Å²) in [4.78, 5) is 16.6. The quantitative estimate of drug-likeness (QED) is 0.891. The Balaban J connectivity index is 1.69. The topological polar surface area (TPSA) is 54.0 Å². The van der Waals surface area contributed by atoms with E-state index in [2.05, 4.69) is 15.6 Å². The molecule has 4 nitrogen and oxygen atoms in total. The van der Waals surface area contributed by atoms with E-state index in [-0.39, 0.29) is 5.91 Å². The van der Waals surface area contributed by atoms with Gasteiger partial charge >= 0.3 is 0 Å². The maximum absolute atomic E-state index is 12.3. The summed E-state index contributed by atoms with van der Waals surface area (Å²) in [6, 6.07) is 11.5. The standard InChI is InChI=1S/C16H16ClN3O/c17-14-6-2-1-4-11(14)10-19-16(21)13-5-3-9-18-15(13)20-12-7-8-12/h1-6,9,12H,7-8,10H2,(H,18,20)(H,19,21). The van der Waals surface area contributed by atoms with E-state index in [0.717, 1.165) is 18.4 Å². The molecule has 5 heteroatoms. The van der Waals surface area contributed by atoms with Crippen molar-refractivity contribution < 1.29 is 4.79 Å². The Hall–Kier alpha value is -2.07. The van der Waals surface area contributed by atoms with E-state index in [1.807, 2.05) is 24.3 Å². The zero-order chi connectivity index (χ0) is 14.7. The first-order chi connectivity index (χ1) is 10.2. The Morgan fingerprint density at radius 2 is 2.05 bits per heavy atom. The van der Waals surface area contributed by atoms with E-state index >= 15 is 0 Å². The molecule has 0 aliphatic heterocycles. The van der Waals surface area contributed by atoms with Crippen molar-refractivity contribution >= 4 is 23.3 Å². The monoisotopic (exact) mass is 301 g/mol. The van der Waals surface area contributed by atoms with Gasteiger partial charge in [0.05, 0.1) is 5.56 Å². The first-order valence-corrected chi connectivity index (χ1v) is 7.35. The Morgan fingerprint density at radius 3 is 2.81 bits per heavy atom. The number of halogens is 1. The van der Waals surface area contributed by atoms with Crippen molar-refractivity contribution in [3.05, 3.63) is 58.7 Å². The average Bonchev–Trinajstić information content (AvgIpc) is 3.31. The molecule has 0 unspecified atom stereocenters. The number of carbonyl (C=O) groups is 1. The molecule has 1 aromatic heterocycles. The molecule has 1 fully saturated rings. The predicted molar refractivity (Wildman–Crippen MR) is 83.5 cm³/mol. The van der Waals surface area contributed by atoms with Gasteiger partial charge in [0, 0.05) is 23.8 Å². The molecule has 0 bridgehead atoms. The fourth-order valence-corrected chi connectivity index (χ4v) is 2.24. The van der Waals surface area contributed by atoms with Crippen LogP contribution in [0.4, 0.5) is 5.82 Å². The number of anilines is 1. The summed E-state index contributed by atoms with van der Waals surface area (Å²) < 4.78 is 0. The minimum atomic E-state index is -0.147. The average molecular weight is 302 g/mol. The molecule has 0 spiro atoms. The van der Waals surface area contributed by atoms with E-state index in [1.54, 1.807) is 18.3 Å². The Morgan fingerprint density at radius 1 is 1.24 bits per heavy atom. The molecule has 0 saturated heterocycles. The smallest absolute Gasteiger partial charge is 0.255 e. The molecule has 1 saturated carbocycles. The third-order valence-corrected chi connectivity index (χ3v) is 3.74. The highest BCUT2D eigenvalue weighted by Crippen LogP contribution is 2.25. The molecule has 108 valence electrons. The summed E-state index contributed by atoms with van der Waals surface area (Å²) in [5, 5.41) is 6.82. The maximum Gasteiger partial charge on any atom is 0.255 e. The molecule has 0 radical (unpaired) electrons. The van der Waals surface area contributed by atoms with Crippen molar-refractivity contribution in [2.45, 2.75) is 25.4 Å². The predicted octanol–water partition coefficient (Wildman–Crippen LogP) is 3.24. The van der Waals surface area contributed by atoms with Gasteiger partial charge in [0.15, 0.2) is 0 Å². The van der Waals surface area contributed by atoms with Crippen molar-refractivity contribution in [1.82, 2.24) is 10.3 Å². The molecule has 2 N–H and O–H groups in total. The first kappa shape index (κ1) is 13.9. The number of amides is 1. The van der Waals surface area contributed by atoms with Crippen LogP contribution in [0.15, 0.2) is 42.6 Å². The fourth-order valence-electron chi connectivity index (χ4n) is 2.04. The molecular weight excluding hydrogens is 286 g/mol. The highest BCUT2D eigenvalue weighted by Gasteiger charge is 2.23. The Bertz CT molecular complexity index is 655. The van der Waals surface area contributed by atoms with E-state index < -0.39 is 0 Å². The number of carbonyl (C=O) groups excluding carboxylic acids is 1. The maximum atomic E-state index is 12.3. The van der Waals surface area contributed by atoms with E-state index in [0.29, 0.717) is 29.0 Å². The van der Waals surface area contributed by atoms with Crippen LogP contribution in [0.25, 0.3) is 0 Å². The summed E-state index contributed by atoms with van der Waals surface area (Å²) in [5.41, 5.74) is 1.46. The first-order valence-electron chi connectivity index (χ1n) is 6.97. The Labute approximate surface area is 128 Å². The SMILES string of the molecule is O=C(NCc1ccccc1Cl)c1cccnc1NC1CC1. The van der Waals surface area contributed by atoms with Gasteiger partial charge in [-0.1, -0.05) is 29.8 Å². The molecule has 1 aliphatic rings. The number of hydrogen-bond donors (Lipinski definition) is 2. The van der Waals surface area contributed by atoms with Gasteiger partial charge in [-0.2, -0.15) is 0 Å². The van der Waals surface area contributed by atoms with E-state index in [1.165, 1.54) is 0 Å². The minimum absolute atomic E-state index is 0.147. The number of rotatable bonds is 5. The lowest BCUT2D eigenvalue weighted by Gasteiger charge is -2.11. The van der Waals surface area contributed by atoms with E-state index in [9.17, 15) is 4.79 Å². The molecule has 1 amide bonds. The summed E-state index contributed by atoms with van der Waals surface area (Å²) in [7, 11) is 0. The van der Waals surface area contributed by atoms with Crippen molar-refractivity contribution in [3.63, 3.8) is 0 Å². The molecule has 1 aromatic carbocycles. The van der Waals surface area contributed by atoms with Gasteiger partial charge in [-0.25, -0.2) is 4.98 Å². The summed E-state index contributed by atoms with van der Waals surface area (Å²) >= 11 is 6.09. The van der Waals surface area contributed by atoms with Gasteiger partial charge < -0.3 is 10.6 Å². The van der Waals surface area contributed by atoms with Crippen molar-refractivity contribution in [2.75, 3.05) is 5.32 Å². The molecule has 21 heavy (non-hydrogen) atoms. The van der Waals surface area contributed by atoms with Crippen molar-refractivity contribution in [3.8, 4) is 0 Å². The summed E-state index contributed by atoms with van der Waals surface area (Å²) in [6.07, 6.45) is 3.96. The van der Waals surface area contributed by atoms with Gasteiger partial charge in [0.25, 0.3) is 5.91 Å². The Kier molecular flexibility index (Phi) is 4.06. The zero-order valence-electron chi connectivity index (χ0n) is 11.5. The van der Waals surface area contributed by atoms with Gasteiger partial charge in [0.2, 0.25) is 0 Å². The van der Waals surface area contributed by atoms with Gasteiger partial charge in [-0.15, -0.1) is 0 Å². The molecule has 3 rings (SSSR count). The van der Waals surface area contributed by atoms with Crippen LogP contribution in [0.1, 0.15) is 28.8 Å². The number of nitrogens with zero attached hydrogens (tertiary/aromatic N) is 1. The second-order valence-corrected chi connectivity index (χ2v) is 5.50. The van der Waals surface area contributed by atoms with Crippen LogP contribution in [0.5, 0.6) is 0 Å². The second kappa shape index (κ2) is 6.14. The van der Waals surface area contributed by atoms with Gasteiger partial charge in [-0.3, -0.25) is 4.79 Å². The van der Waals surface area contributed by atoms with Gasteiger partial charge in [-0.05, 0) is 36.6 Å². The molecule has 2 aromatic rings. The highest BCUT2D eigenvalue weighted by atomic mass is 35.5. The lowest BCUT2D eigenvalue weighted by atomic mass is 10.2. The van der Waals surface area contributed by atoms with Crippen LogP contribution in [-0.4, -0.2) is 16.9 Å². The van der Waals surface area contributed by atoms with Crippen molar-refractivity contribution in [2.24, 2.45) is 0 Å². The fraction of sp³-hybridized carbons (Fsp3) is 0.250. The normalized spacial score (nSPS) is 13.8. The third kappa shape index (κ3) is 3.52. The number of pyridine rings is 1. The number of hydrogen-bond acceptors (Lipinski definition) is 3. The largest absolute Gasteiger partial charge is 0.367 e. The highest BCUT2D eigenvalue weighted by molar-refractivity contribution is 6.31. The lowest BCUT2D eigenvalue weighted by molar-refractivity contribution is 0.0951.